The van der Waals surface area contributed by atoms with Gasteiger partial charge in [0, 0.05) is 0 Å². The lowest BCUT2D eigenvalue weighted by atomic mass is 9.78. The van der Waals surface area contributed by atoms with Gasteiger partial charge in [-0.05, 0) is 60.5 Å². The van der Waals surface area contributed by atoms with Crippen molar-refractivity contribution in [1.29, 1.82) is 0 Å². The number of carbonyl (C=O) groups excluding carboxylic acids is 1. The highest BCUT2D eigenvalue weighted by Crippen LogP contribution is 2.34. The van der Waals surface area contributed by atoms with Gasteiger partial charge in [-0.1, -0.05) is 113 Å². The van der Waals surface area contributed by atoms with E-state index in [9.17, 15) is 4.79 Å². The van der Waals surface area contributed by atoms with Gasteiger partial charge in [-0.3, -0.25) is 4.79 Å². The molecule has 1 unspecified atom stereocenters. The summed E-state index contributed by atoms with van der Waals surface area (Å²) in [6, 6.07) is 20.8. The third-order valence-corrected chi connectivity index (χ3v) is 8.34. The Morgan fingerprint density at radius 3 is 2.00 bits per heavy atom. The van der Waals surface area contributed by atoms with Gasteiger partial charge >= 0.3 is 5.97 Å². The van der Waals surface area contributed by atoms with E-state index in [2.05, 4.69) is 76.2 Å². The van der Waals surface area contributed by atoms with Crippen LogP contribution in [0.25, 0.3) is 0 Å². The maximum Gasteiger partial charge on any atom is 0.312 e. The van der Waals surface area contributed by atoms with Gasteiger partial charge in [-0.2, -0.15) is 0 Å². The first kappa shape index (κ1) is 31.1. The molecule has 6 atom stereocenters. The maximum atomic E-state index is 12.9. The number of benzene rings is 2. The van der Waals surface area contributed by atoms with Crippen LogP contribution in [-0.2, 0) is 32.2 Å². The highest BCUT2D eigenvalue weighted by atomic mass is 16.5. The van der Waals surface area contributed by atoms with Crippen molar-refractivity contribution in [3.8, 4) is 0 Å². The fraction of sp³-hybridized carbons (Fsp3) is 0.571. The maximum absolute atomic E-state index is 12.9. The van der Waals surface area contributed by atoms with E-state index in [1.807, 2.05) is 24.3 Å². The van der Waals surface area contributed by atoms with Crippen LogP contribution in [0.15, 0.2) is 72.8 Å². The minimum Gasteiger partial charge on any atom is -0.469 e. The van der Waals surface area contributed by atoms with E-state index < -0.39 is 0 Å². The fourth-order valence-electron chi connectivity index (χ4n) is 5.73. The summed E-state index contributed by atoms with van der Waals surface area (Å²) in [4.78, 5) is 12.9. The average Bonchev–Trinajstić information content (AvgIpc) is 2.94. The Hall–Kier alpha value is -2.43. The zero-order valence-electron chi connectivity index (χ0n) is 24.8. The van der Waals surface area contributed by atoms with Crippen LogP contribution in [0.3, 0.4) is 0 Å². The van der Waals surface area contributed by atoms with Crippen LogP contribution >= 0.6 is 0 Å². The number of carbonyl (C=O) groups is 1. The van der Waals surface area contributed by atoms with Crippen molar-refractivity contribution in [2.24, 2.45) is 29.6 Å². The quantitative estimate of drug-likeness (QED) is 0.252. The summed E-state index contributed by atoms with van der Waals surface area (Å²) in [6.07, 6.45) is 10.3. The highest BCUT2D eigenvalue weighted by Gasteiger charge is 2.34. The third kappa shape index (κ3) is 10.6. The Balaban J connectivity index is 1.91. The lowest BCUT2D eigenvalue weighted by Gasteiger charge is -2.36. The number of ether oxygens (including phenoxy) is 3. The molecule has 0 N–H and O–H groups in total. The SMILES string of the molecule is COC(=O)C1/C=C\C[C@H](C)CCC[C@H](C)[C@@H](OCc2ccccc2)C[C@H](C(C)C)[C@H](OCc2ccccc2)C1. The predicted octanol–water partition coefficient (Wildman–Crippen LogP) is 8.40. The van der Waals surface area contributed by atoms with Gasteiger partial charge in [0.05, 0.1) is 38.4 Å². The Labute approximate surface area is 237 Å². The van der Waals surface area contributed by atoms with E-state index in [0.717, 1.165) is 24.8 Å². The van der Waals surface area contributed by atoms with Crippen molar-refractivity contribution in [1.82, 2.24) is 0 Å². The second kappa shape index (κ2) is 16.6. The molecule has 1 aliphatic carbocycles. The van der Waals surface area contributed by atoms with Gasteiger partial charge in [-0.15, -0.1) is 0 Å². The largest absolute Gasteiger partial charge is 0.469 e. The van der Waals surface area contributed by atoms with Crippen molar-refractivity contribution in [2.45, 2.75) is 91.6 Å². The molecule has 3 rings (SSSR count). The van der Waals surface area contributed by atoms with Crippen molar-refractivity contribution in [3.63, 3.8) is 0 Å². The molecule has 0 bridgehead atoms. The van der Waals surface area contributed by atoms with Gasteiger partial charge in [-0.25, -0.2) is 0 Å². The number of rotatable bonds is 8. The first-order valence-corrected chi connectivity index (χ1v) is 14.9. The molecular formula is C35H50O4. The summed E-state index contributed by atoms with van der Waals surface area (Å²) < 4.78 is 18.6. The van der Waals surface area contributed by atoms with Crippen molar-refractivity contribution < 1.29 is 19.0 Å². The number of methoxy groups -OCH3 is 1. The van der Waals surface area contributed by atoms with Crippen molar-refractivity contribution in [2.75, 3.05) is 7.11 Å². The molecule has 0 heterocycles. The second-order valence-corrected chi connectivity index (χ2v) is 11.9. The van der Waals surface area contributed by atoms with Crippen LogP contribution in [0.2, 0.25) is 0 Å². The van der Waals surface area contributed by atoms with E-state index in [4.69, 9.17) is 14.2 Å². The molecular weight excluding hydrogens is 484 g/mol. The fourth-order valence-corrected chi connectivity index (χ4v) is 5.73. The molecule has 1 aliphatic rings. The standard InChI is InChI=1S/C35H50O4/c1-26(2)32-23-33(38-24-29-17-8-6-9-18-29)28(4)16-12-14-27(3)15-13-21-31(35(36)37-5)22-34(32)39-25-30-19-10-7-11-20-30/h6-11,13,17-21,26-28,31-34H,12,14-16,22-25H2,1-5H3/b21-13-/t27-,28+,31?,32-,33+,34-/m1/s1. The topological polar surface area (TPSA) is 44.8 Å². The third-order valence-electron chi connectivity index (χ3n) is 8.34. The summed E-state index contributed by atoms with van der Waals surface area (Å²) in [5.41, 5.74) is 2.34. The molecule has 0 amide bonds. The second-order valence-electron chi connectivity index (χ2n) is 11.9. The molecule has 214 valence electrons. The molecule has 39 heavy (non-hydrogen) atoms. The van der Waals surface area contributed by atoms with Crippen LogP contribution < -0.4 is 0 Å². The van der Waals surface area contributed by atoms with Gasteiger partial charge in [0.1, 0.15) is 0 Å². The Morgan fingerprint density at radius 2 is 1.44 bits per heavy atom. The molecule has 4 nitrogen and oxygen atoms in total. The normalized spacial score (nSPS) is 27.9. The van der Waals surface area contributed by atoms with E-state index in [1.165, 1.54) is 25.5 Å². The van der Waals surface area contributed by atoms with Crippen molar-refractivity contribution in [3.05, 3.63) is 83.9 Å². The summed E-state index contributed by atoms with van der Waals surface area (Å²) >= 11 is 0. The molecule has 2 aromatic rings. The zero-order valence-corrected chi connectivity index (χ0v) is 24.8. The Bertz CT molecular complexity index is 971. The molecule has 0 aliphatic heterocycles. The lowest BCUT2D eigenvalue weighted by Crippen LogP contribution is -2.37. The first-order chi connectivity index (χ1) is 18.9. The molecule has 0 fully saturated rings. The first-order valence-electron chi connectivity index (χ1n) is 14.9. The number of hydrogen-bond donors (Lipinski definition) is 0. The van der Waals surface area contributed by atoms with E-state index in [0.29, 0.717) is 37.4 Å². The smallest absolute Gasteiger partial charge is 0.312 e. The summed E-state index contributed by atoms with van der Waals surface area (Å²) in [5.74, 6) is 1.11. The van der Waals surface area contributed by atoms with Crippen LogP contribution in [0.4, 0.5) is 0 Å². The molecule has 4 heteroatoms. The number of esters is 1. The predicted molar refractivity (Wildman–Crippen MR) is 159 cm³/mol. The highest BCUT2D eigenvalue weighted by molar-refractivity contribution is 5.74. The van der Waals surface area contributed by atoms with Gasteiger partial charge in [0.15, 0.2) is 0 Å². The van der Waals surface area contributed by atoms with Crippen LogP contribution in [-0.4, -0.2) is 25.3 Å². The van der Waals surface area contributed by atoms with Gasteiger partial charge in [0.25, 0.3) is 0 Å². The van der Waals surface area contributed by atoms with Gasteiger partial charge in [0.2, 0.25) is 0 Å². The molecule has 0 spiro atoms. The van der Waals surface area contributed by atoms with Crippen molar-refractivity contribution >= 4 is 5.97 Å². The number of allylic oxidation sites excluding steroid dienone is 1. The van der Waals surface area contributed by atoms with Crippen LogP contribution in [0, 0.1) is 29.6 Å². The lowest BCUT2D eigenvalue weighted by molar-refractivity contribution is -0.146. The summed E-state index contributed by atoms with van der Waals surface area (Å²) in [7, 11) is 1.49. The average molecular weight is 535 g/mol. The molecule has 0 saturated heterocycles. The minimum absolute atomic E-state index is 0.102. The monoisotopic (exact) mass is 534 g/mol. The number of hydrogen-bond acceptors (Lipinski definition) is 4. The van der Waals surface area contributed by atoms with Crippen LogP contribution in [0.1, 0.15) is 77.3 Å². The van der Waals surface area contributed by atoms with Crippen LogP contribution in [0.5, 0.6) is 0 Å². The molecule has 0 aromatic heterocycles. The van der Waals surface area contributed by atoms with E-state index in [-0.39, 0.29) is 30.0 Å². The Morgan fingerprint density at radius 1 is 0.846 bits per heavy atom. The van der Waals surface area contributed by atoms with Gasteiger partial charge < -0.3 is 14.2 Å². The van der Waals surface area contributed by atoms with E-state index in [1.54, 1.807) is 0 Å². The van der Waals surface area contributed by atoms with E-state index >= 15 is 0 Å². The molecule has 0 saturated carbocycles. The zero-order chi connectivity index (χ0) is 28.0. The summed E-state index contributed by atoms with van der Waals surface area (Å²) in [5, 5.41) is 0. The Kier molecular flexibility index (Phi) is 13.3. The molecule has 0 radical (unpaired) electrons. The minimum atomic E-state index is -0.326. The molecule has 2 aromatic carbocycles. The summed E-state index contributed by atoms with van der Waals surface area (Å²) in [6.45, 7) is 10.3.